The Morgan fingerprint density at radius 2 is 1.47 bits per heavy atom. The predicted molar refractivity (Wildman–Crippen MR) is 69.5 cm³/mol. The quantitative estimate of drug-likeness (QED) is 0.720. The van der Waals surface area contributed by atoms with Crippen LogP contribution in [0, 0.1) is 0 Å². The van der Waals surface area contributed by atoms with Crippen molar-refractivity contribution in [3.63, 3.8) is 0 Å². The van der Waals surface area contributed by atoms with Crippen LogP contribution in [0.5, 0.6) is 5.75 Å². The van der Waals surface area contributed by atoms with E-state index in [1.807, 2.05) is 36.4 Å². The number of benzene rings is 2. The molecule has 0 aliphatic carbocycles. The van der Waals surface area contributed by atoms with Crippen LogP contribution in [-0.4, -0.2) is 0 Å². The molecule has 0 fully saturated rings. The summed E-state index contributed by atoms with van der Waals surface area (Å²) in [7, 11) is 2.25. The first-order chi connectivity index (χ1) is 6.90. The van der Waals surface area contributed by atoms with Gasteiger partial charge in [0.2, 0.25) is 0 Å². The lowest BCUT2D eigenvalue weighted by Gasteiger charge is -2.03. The van der Waals surface area contributed by atoms with E-state index in [2.05, 4.69) is 27.7 Å². The molecule has 0 aliphatic heterocycles. The molecular weight excluding hydrogens is 227 g/mol. The van der Waals surface area contributed by atoms with E-state index in [-0.39, 0.29) is 12.4 Å². The molecule has 2 aromatic carbocycles. The second kappa shape index (κ2) is 5.75. The fourth-order valence-electron chi connectivity index (χ4n) is 1.38. The first-order valence-electron chi connectivity index (χ1n) is 4.42. The van der Waals surface area contributed by atoms with Gasteiger partial charge in [0.15, 0.2) is 0 Å². The van der Waals surface area contributed by atoms with E-state index in [0.29, 0.717) is 0 Å². The Balaban J connectivity index is 0.00000112. The molecule has 15 heavy (non-hydrogen) atoms. The van der Waals surface area contributed by atoms with Gasteiger partial charge >= 0.3 is 0 Å². The van der Waals surface area contributed by atoms with E-state index < -0.39 is 0 Å². The van der Waals surface area contributed by atoms with Crippen molar-refractivity contribution in [3.05, 3.63) is 54.6 Å². The molecule has 2 rings (SSSR count). The predicted octanol–water partition coefficient (Wildman–Crippen LogP) is 3.94. The second-order valence-corrected chi connectivity index (χ2v) is 3.25. The van der Waals surface area contributed by atoms with Crippen molar-refractivity contribution >= 4 is 21.9 Å². The van der Waals surface area contributed by atoms with Gasteiger partial charge in [0.05, 0.1) is 9.47 Å². The molecule has 0 saturated heterocycles. The van der Waals surface area contributed by atoms with Crippen molar-refractivity contribution in [1.82, 2.24) is 0 Å². The van der Waals surface area contributed by atoms with Crippen molar-refractivity contribution in [1.29, 1.82) is 0 Å². The topological polar surface area (TPSA) is 9.23 Å². The van der Waals surface area contributed by atoms with Gasteiger partial charge in [-0.2, -0.15) is 0 Å². The maximum absolute atomic E-state index is 5.09. The summed E-state index contributed by atoms with van der Waals surface area (Å²) >= 11 is 0. The molecule has 0 amide bonds. The molecule has 1 atom stereocenters. The van der Waals surface area contributed by atoms with Crippen molar-refractivity contribution in [3.8, 4) is 16.9 Å². The van der Waals surface area contributed by atoms with Crippen LogP contribution in [0.25, 0.3) is 11.1 Å². The molecule has 0 N–H and O–H groups in total. The van der Waals surface area contributed by atoms with Gasteiger partial charge in [-0.1, -0.05) is 42.5 Å². The van der Waals surface area contributed by atoms with E-state index in [0.717, 1.165) is 5.75 Å². The molecule has 0 saturated carbocycles. The number of rotatable bonds is 2. The van der Waals surface area contributed by atoms with E-state index in [4.69, 9.17) is 4.52 Å². The average molecular weight is 239 g/mol. The minimum Gasteiger partial charge on any atom is -0.480 e. The van der Waals surface area contributed by atoms with Crippen molar-refractivity contribution in [2.24, 2.45) is 0 Å². The van der Waals surface area contributed by atoms with E-state index in [9.17, 15) is 0 Å². The molecule has 1 nitrogen and oxygen atoms in total. The molecule has 2 aromatic rings. The highest BCUT2D eigenvalue weighted by Crippen LogP contribution is 2.24. The van der Waals surface area contributed by atoms with Crippen LogP contribution in [0.1, 0.15) is 0 Å². The fourth-order valence-corrected chi connectivity index (χ4v) is 1.53. The van der Waals surface area contributed by atoms with Gasteiger partial charge in [-0.25, -0.2) is 0 Å². The molecule has 1 unspecified atom stereocenters. The zero-order chi connectivity index (χ0) is 9.80. The van der Waals surface area contributed by atoms with Crippen LogP contribution in [0.2, 0.25) is 0 Å². The smallest absolute Gasteiger partial charge is 0.123 e. The Morgan fingerprint density at radius 3 is 2.13 bits per heavy atom. The maximum Gasteiger partial charge on any atom is 0.123 e. The summed E-state index contributed by atoms with van der Waals surface area (Å²) in [5, 5.41) is 0. The molecule has 0 bridgehead atoms. The molecule has 0 aliphatic rings. The largest absolute Gasteiger partial charge is 0.480 e. The summed E-state index contributed by atoms with van der Waals surface area (Å²) in [4.78, 5) is 0. The van der Waals surface area contributed by atoms with Crippen LogP contribution in [0.4, 0.5) is 0 Å². The second-order valence-electron chi connectivity index (χ2n) is 3.01. The highest BCUT2D eigenvalue weighted by molar-refractivity contribution is 7.10. The van der Waals surface area contributed by atoms with Crippen LogP contribution < -0.4 is 4.52 Å². The standard InChI is InChI=1S/C12H11OP.ClH/c14-13-12-8-4-7-11(9-12)10-5-2-1-3-6-10;/h1-9H,14H2;1H. The lowest BCUT2D eigenvalue weighted by atomic mass is 10.1. The lowest BCUT2D eigenvalue weighted by Crippen LogP contribution is -1.78. The first kappa shape index (κ1) is 12.0. The molecular formula is C12H12ClOP. The van der Waals surface area contributed by atoms with Gasteiger partial charge in [0.1, 0.15) is 5.75 Å². The van der Waals surface area contributed by atoms with Crippen LogP contribution in [0.3, 0.4) is 0 Å². The van der Waals surface area contributed by atoms with Crippen molar-refractivity contribution < 1.29 is 4.52 Å². The minimum atomic E-state index is 0. The third-order valence-electron chi connectivity index (χ3n) is 2.08. The zero-order valence-corrected chi connectivity index (χ0v) is 10.1. The van der Waals surface area contributed by atoms with Gasteiger partial charge in [0, 0.05) is 0 Å². The third kappa shape index (κ3) is 2.95. The SMILES string of the molecule is Cl.POc1cccc(-c2ccccc2)c1. The Morgan fingerprint density at radius 1 is 0.800 bits per heavy atom. The summed E-state index contributed by atoms with van der Waals surface area (Å²) in [5.74, 6) is 0.858. The molecule has 0 radical (unpaired) electrons. The molecule has 0 aromatic heterocycles. The summed E-state index contributed by atoms with van der Waals surface area (Å²) in [6.07, 6.45) is 0. The van der Waals surface area contributed by atoms with Crippen molar-refractivity contribution in [2.45, 2.75) is 0 Å². The summed E-state index contributed by atoms with van der Waals surface area (Å²) in [6.45, 7) is 0. The fraction of sp³-hybridized carbons (Fsp3) is 0. The van der Waals surface area contributed by atoms with E-state index in [1.54, 1.807) is 0 Å². The highest BCUT2D eigenvalue weighted by atomic mass is 35.5. The third-order valence-corrected chi connectivity index (χ3v) is 2.35. The Labute approximate surface area is 98.2 Å². The van der Waals surface area contributed by atoms with E-state index in [1.165, 1.54) is 11.1 Å². The summed E-state index contributed by atoms with van der Waals surface area (Å²) < 4.78 is 5.09. The Bertz CT molecular complexity index is 417. The summed E-state index contributed by atoms with van der Waals surface area (Å²) in [6, 6.07) is 18.3. The van der Waals surface area contributed by atoms with Gasteiger partial charge in [-0.15, -0.1) is 12.4 Å². The van der Waals surface area contributed by atoms with E-state index >= 15 is 0 Å². The first-order valence-corrected chi connectivity index (χ1v) is 4.89. The van der Waals surface area contributed by atoms with Crippen LogP contribution in [0.15, 0.2) is 54.6 Å². The molecule has 0 spiro atoms. The van der Waals surface area contributed by atoms with Crippen LogP contribution >= 0.6 is 21.9 Å². The van der Waals surface area contributed by atoms with Crippen LogP contribution in [-0.2, 0) is 0 Å². The highest BCUT2D eigenvalue weighted by Gasteiger charge is 1.97. The zero-order valence-electron chi connectivity index (χ0n) is 8.09. The van der Waals surface area contributed by atoms with Gasteiger partial charge < -0.3 is 4.52 Å². The Hall–Kier alpha value is -1.04. The van der Waals surface area contributed by atoms with Gasteiger partial charge in [-0.05, 0) is 23.3 Å². The minimum absolute atomic E-state index is 0. The summed E-state index contributed by atoms with van der Waals surface area (Å²) in [5.41, 5.74) is 2.38. The molecule has 78 valence electrons. The number of hydrogen-bond acceptors (Lipinski definition) is 1. The van der Waals surface area contributed by atoms with Crippen molar-refractivity contribution in [2.75, 3.05) is 0 Å². The lowest BCUT2D eigenvalue weighted by molar-refractivity contribution is 0.646. The Kier molecular flexibility index (Phi) is 4.61. The normalized spacial score (nSPS) is 9.13. The molecule has 3 heteroatoms. The van der Waals surface area contributed by atoms with Gasteiger partial charge in [0.25, 0.3) is 0 Å². The molecule has 0 heterocycles. The van der Waals surface area contributed by atoms with Gasteiger partial charge in [-0.3, -0.25) is 0 Å². The maximum atomic E-state index is 5.09. The number of halogens is 1. The average Bonchev–Trinajstić information content (AvgIpc) is 2.30. The number of hydrogen-bond donors (Lipinski definition) is 0. The monoisotopic (exact) mass is 238 g/mol.